The molecule has 0 aliphatic rings. The first kappa shape index (κ1) is 14.6. The van der Waals surface area contributed by atoms with Crippen molar-refractivity contribution in [3.63, 3.8) is 0 Å². The Morgan fingerprint density at radius 3 is 2.63 bits per heavy atom. The first-order chi connectivity index (χ1) is 9.08. The summed E-state index contributed by atoms with van der Waals surface area (Å²) in [4.78, 5) is 25.9. The highest BCUT2D eigenvalue weighted by Gasteiger charge is 2.07. The van der Waals surface area contributed by atoms with Crippen LogP contribution in [-0.4, -0.2) is 35.3 Å². The van der Waals surface area contributed by atoms with Gasteiger partial charge in [0.25, 0.3) is 0 Å². The monoisotopic (exact) mass is 269 g/mol. The number of amides is 2. The van der Waals surface area contributed by atoms with Crippen LogP contribution in [0.25, 0.3) is 0 Å². The molecule has 8 nitrogen and oxygen atoms in total. The van der Waals surface area contributed by atoms with Crippen molar-refractivity contribution >= 4 is 18.0 Å². The first-order valence-corrected chi connectivity index (χ1v) is 5.65. The highest BCUT2D eigenvalue weighted by Crippen LogP contribution is 2.02. The van der Waals surface area contributed by atoms with E-state index in [9.17, 15) is 14.8 Å². The lowest BCUT2D eigenvalue weighted by Gasteiger charge is -2.08. The molecule has 1 rings (SSSR count). The van der Waals surface area contributed by atoms with Crippen molar-refractivity contribution in [2.45, 2.75) is 13.8 Å². The summed E-state index contributed by atoms with van der Waals surface area (Å²) in [6.45, 7) is 3.66. The number of ether oxygens (including phenoxy) is 2. The van der Waals surface area contributed by atoms with E-state index in [1.165, 1.54) is 18.2 Å². The molecule has 2 N–H and O–H groups in total. The van der Waals surface area contributed by atoms with E-state index in [0.717, 1.165) is 0 Å². The van der Waals surface area contributed by atoms with Gasteiger partial charge in [0.05, 0.1) is 13.2 Å². The zero-order valence-corrected chi connectivity index (χ0v) is 10.6. The van der Waals surface area contributed by atoms with E-state index >= 15 is 0 Å². The molecule has 0 saturated carbocycles. The van der Waals surface area contributed by atoms with Crippen LogP contribution in [0.4, 0.5) is 15.4 Å². The fraction of sp³-hybridized carbons (Fsp3) is 0.364. The fourth-order valence-corrected chi connectivity index (χ4v) is 1.19. The number of rotatable bonds is 3. The zero-order chi connectivity index (χ0) is 14.3. The van der Waals surface area contributed by atoms with E-state index in [1.807, 2.05) is 0 Å². The second-order valence-electron chi connectivity index (χ2n) is 3.24. The molecule has 0 radical (unpaired) electrons. The number of nitrogens with zero attached hydrogens (tertiary/aromatic N) is 2. The molecule has 0 aromatic carbocycles. The summed E-state index contributed by atoms with van der Waals surface area (Å²) in [5, 5.41) is 12.1. The highest BCUT2D eigenvalue weighted by molar-refractivity contribution is 5.83. The van der Waals surface area contributed by atoms with Gasteiger partial charge in [0.1, 0.15) is 0 Å². The number of aromatic nitrogens is 1. The van der Waals surface area contributed by atoms with Crippen molar-refractivity contribution < 1.29 is 24.3 Å². The minimum atomic E-state index is -0.835. The first-order valence-electron chi connectivity index (χ1n) is 5.65. The maximum atomic E-state index is 11.2. The van der Waals surface area contributed by atoms with Gasteiger partial charge in [-0.2, -0.15) is 9.72 Å². The second kappa shape index (κ2) is 7.04. The molecule has 0 bridgehead atoms. The Kier molecular flexibility index (Phi) is 5.39. The average molecular weight is 269 g/mol. The van der Waals surface area contributed by atoms with Crippen LogP contribution in [0.15, 0.2) is 23.2 Å². The van der Waals surface area contributed by atoms with Crippen LogP contribution in [0.1, 0.15) is 13.8 Å². The predicted octanol–water partition coefficient (Wildman–Crippen LogP) is 1.35. The SMILES string of the molecule is CCOC(=O)/N=c1\cccc(NC(=O)OCC)n1O. The minimum absolute atomic E-state index is 0.0176. The standard InChI is InChI=1S/C11H15N3O5/c1-3-18-10(15)12-8-6-5-7-9(14(8)17)13-11(16)19-4-2/h5-7,17H,3-4H2,1-2H3,(H,12,15)/b13-9+. The van der Waals surface area contributed by atoms with E-state index in [1.54, 1.807) is 13.8 Å². The van der Waals surface area contributed by atoms with Gasteiger partial charge in [-0.3, -0.25) is 5.32 Å². The van der Waals surface area contributed by atoms with Crippen LogP contribution in [0.5, 0.6) is 0 Å². The van der Waals surface area contributed by atoms with Crippen LogP contribution in [-0.2, 0) is 9.47 Å². The van der Waals surface area contributed by atoms with Crippen molar-refractivity contribution in [2.24, 2.45) is 4.99 Å². The number of pyridine rings is 1. The van der Waals surface area contributed by atoms with Crippen LogP contribution in [0.2, 0.25) is 0 Å². The fourth-order valence-electron chi connectivity index (χ4n) is 1.19. The average Bonchev–Trinajstić information content (AvgIpc) is 2.35. The normalized spacial score (nSPS) is 10.9. The Morgan fingerprint density at radius 2 is 2.00 bits per heavy atom. The van der Waals surface area contributed by atoms with Gasteiger partial charge in [0.15, 0.2) is 11.3 Å². The number of nitrogens with one attached hydrogen (secondary N) is 1. The van der Waals surface area contributed by atoms with Crippen molar-refractivity contribution in [1.29, 1.82) is 0 Å². The molecule has 1 heterocycles. The van der Waals surface area contributed by atoms with E-state index in [-0.39, 0.29) is 24.5 Å². The Morgan fingerprint density at radius 1 is 1.32 bits per heavy atom. The van der Waals surface area contributed by atoms with Gasteiger partial charge in [-0.05, 0) is 26.0 Å². The third-order valence-electron chi connectivity index (χ3n) is 1.92. The zero-order valence-electron chi connectivity index (χ0n) is 10.6. The number of carbonyl (C=O) groups excluding carboxylic acids is 2. The highest BCUT2D eigenvalue weighted by atomic mass is 16.6. The maximum absolute atomic E-state index is 11.2. The molecule has 0 atom stereocenters. The molecule has 1 aromatic heterocycles. The smallest absolute Gasteiger partial charge is 0.435 e. The molecule has 0 aliphatic carbocycles. The summed E-state index contributed by atoms with van der Waals surface area (Å²) in [6, 6.07) is 4.31. The molecular formula is C11H15N3O5. The predicted molar refractivity (Wildman–Crippen MR) is 64.8 cm³/mol. The summed E-state index contributed by atoms with van der Waals surface area (Å²) in [5.74, 6) is 0.0176. The van der Waals surface area contributed by atoms with Crippen LogP contribution in [0, 0.1) is 0 Å². The molecule has 0 saturated heterocycles. The second-order valence-corrected chi connectivity index (χ2v) is 3.24. The maximum Gasteiger partial charge on any atom is 0.435 e. The third-order valence-corrected chi connectivity index (χ3v) is 1.92. The topological polar surface area (TPSA) is 102 Å². The summed E-state index contributed by atoms with van der Waals surface area (Å²) >= 11 is 0. The van der Waals surface area contributed by atoms with E-state index in [4.69, 9.17) is 0 Å². The summed E-state index contributed by atoms with van der Waals surface area (Å²) < 4.78 is 9.83. The van der Waals surface area contributed by atoms with E-state index in [2.05, 4.69) is 19.8 Å². The lowest BCUT2D eigenvalue weighted by molar-refractivity contribution is 0.153. The quantitative estimate of drug-likeness (QED) is 0.806. The van der Waals surface area contributed by atoms with Gasteiger partial charge in [-0.25, -0.2) is 9.59 Å². The Labute approximate surface area is 109 Å². The van der Waals surface area contributed by atoms with Crippen molar-refractivity contribution in [1.82, 2.24) is 4.73 Å². The van der Waals surface area contributed by atoms with Gasteiger partial charge in [0, 0.05) is 0 Å². The number of carbonyl (C=O) groups is 2. The summed E-state index contributed by atoms with van der Waals surface area (Å²) in [6.07, 6.45) is -1.56. The minimum Gasteiger partial charge on any atom is -0.450 e. The van der Waals surface area contributed by atoms with E-state index in [0.29, 0.717) is 4.73 Å². The number of anilines is 1. The van der Waals surface area contributed by atoms with Crippen LogP contribution >= 0.6 is 0 Å². The molecule has 2 amide bonds. The molecule has 0 aliphatic heterocycles. The number of hydrogen-bond donors (Lipinski definition) is 2. The van der Waals surface area contributed by atoms with Crippen molar-refractivity contribution in [2.75, 3.05) is 18.5 Å². The Hall–Kier alpha value is -2.51. The number of hydrogen-bond acceptors (Lipinski definition) is 5. The van der Waals surface area contributed by atoms with Gasteiger partial charge in [0.2, 0.25) is 0 Å². The lowest BCUT2D eigenvalue weighted by atomic mass is 10.4. The molecular weight excluding hydrogens is 254 g/mol. The van der Waals surface area contributed by atoms with Gasteiger partial charge in [-0.15, -0.1) is 0 Å². The molecule has 8 heteroatoms. The largest absolute Gasteiger partial charge is 0.450 e. The van der Waals surface area contributed by atoms with E-state index < -0.39 is 12.2 Å². The van der Waals surface area contributed by atoms with Crippen molar-refractivity contribution in [3.05, 3.63) is 23.7 Å². The molecule has 0 spiro atoms. The van der Waals surface area contributed by atoms with Gasteiger partial charge >= 0.3 is 12.2 Å². The Bertz CT molecular complexity index is 523. The molecule has 104 valence electrons. The molecule has 19 heavy (non-hydrogen) atoms. The summed E-state index contributed by atoms with van der Waals surface area (Å²) in [5.41, 5.74) is -0.0762. The molecule has 0 fully saturated rings. The van der Waals surface area contributed by atoms with Crippen LogP contribution < -0.4 is 10.8 Å². The van der Waals surface area contributed by atoms with Gasteiger partial charge < -0.3 is 14.7 Å². The van der Waals surface area contributed by atoms with Crippen molar-refractivity contribution in [3.8, 4) is 0 Å². The summed E-state index contributed by atoms with van der Waals surface area (Å²) in [7, 11) is 0. The third kappa shape index (κ3) is 4.34. The Balaban J connectivity index is 2.98. The lowest BCUT2D eigenvalue weighted by Crippen LogP contribution is -2.25. The van der Waals surface area contributed by atoms with Crippen LogP contribution in [0.3, 0.4) is 0 Å². The van der Waals surface area contributed by atoms with Gasteiger partial charge in [-0.1, -0.05) is 6.07 Å². The molecule has 0 unspecified atom stereocenters. The molecule has 1 aromatic rings.